The minimum atomic E-state index is 0.0451. The van der Waals surface area contributed by atoms with Crippen LogP contribution in [0.25, 0.3) is 0 Å². The lowest BCUT2D eigenvalue weighted by Crippen LogP contribution is -2.31. The zero-order valence-electron chi connectivity index (χ0n) is 19.1. The minimum Gasteiger partial charge on any atom is -0.330 e. The summed E-state index contributed by atoms with van der Waals surface area (Å²) in [6, 6.07) is 0. The molecule has 2 nitrogen and oxygen atoms in total. The van der Waals surface area contributed by atoms with Gasteiger partial charge in [0.05, 0.1) is 0 Å². The Kier molecular flexibility index (Phi) is 24.8. The zero-order chi connectivity index (χ0) is 19.9. The van der Waals surface area contributed by atoms with Gasteiger partial charge in [-0.05, 0) is 33.2 Å². The van der Waals surface area contributed by atoms with E-state index in [-0.39, 0.29) is 5.54 Å². The van der Waals surface area contributed by atoms with E-state index in [1.165, 1.54) is 116 Å². The molecular formula is C24H54N2. The Balaban J connectivity index is 0. The maximum atomic E-state index is 5.90. The molecular weight excluding hydrogens is 316 g/mol. The van der Waals surface area contributed by atoms with Gasteiger partial charge in [0.2, 0.25) is 0 Å². The number of hydrogen-bond donors (Lipinski definition) is 2. The van der Waals surface area contributed by atoms with Crippen LogP contribution in [0.4, 0.5) is 0 Å². The van der Waals surface area contributed by atoms with Gasteiger partial charge in [0.25, 0.3) is 0 Å². The highest BCUT2D eigenvalue weighted by atomic mass is 14.7. The standard InChI is InChI=1S/2C12H27N/c1-4-5-6-7-8-9-10-11-12(2,3)13;1-2-3-4-5-6-7-8-9-10-11-12-13/h4-11,13H2,1-3H3;2-13H2,1H3. The molecule has 0 saturated heterocycles. The van der Waals surface area contributed by atoms with Gasteiger partial charge >= 0.3 is 0 Å². The largest absolute Gasteiger partial charge is 0.330 e. The van der Waals surface area contributed by atoms with Crippen LogP contribution in [0.2, 0.25) is 0 Å². The number of unbranched alkanes of at least 4 members (excludes halogenated alkanes) is 15. The third-order valence-electron chi connectivity index (χ3n) is 4.98. The first-order valence-corrected chi connectivity index (χ1v) is 12.0. The summed E-state index contributed by atoms with van der Waals surface area (Å²) in [5.74, 6) is 0. The first kappa shape index (κ1) is 28.1. The lowest BCUT2D eigenvalue weighted by Gasteiger charge is -2.17. The van der Waals surface area contributed by atoms with E-state index in [1.54, 1.807) is 0 Å². The van der Waals surface area contributed by atoms with Gasteiger partial charge in [-0.25, -0.2) is 0 Å². The molecule has 0 aliphatic heterocycles. The molecule has 0 aromatic rings. The fourth-order valence-electron chi connectivity index (χ4n) is 3.17. The zero-order valence-corrected chi connectivity index (χ0v) is 19.1. The summed E-state index contributed by atoms with van der Waals surface area (Å²) in [4.78, 5) is 0. The van der Waals surface area contributed by atoms with Gasteiger partial charge in [-0.3, -0.25) is 0 Å². The summed E-state index contributed by atoms with van der Waals surface area (Å²) in [6.45, 7) is 9.63. The first-order valence-electron chi connectivity index (χ1n) is 12.0. The fraction of sp³-hybridized carbons (Fsp3) is 1.00. The van der Waals surface area contributed by atoms with E-state index in [4.69, 9.17) is 11.5 Å². The van der Waals surface area contributed by atoms with E-state index >= 15 is 0 Å². The van der Waals surface area contributed by atoms with E-state index in [0.717, 1.165) is 6.54 Å². The third-order valence-corrected chi connectivity index (χ3v) is 4.98. The topological polar surface area (TPSA) is 52.0 Å². The van der Waals surface area contributed by atoms with Crippen molar-refractivity contribution in [3.8, 4) is 0 Å². The Morgan fingerprint density at radius 2 is 0.808 bits per heavy atom. The molecule has 4 N–H and O–H groups in total. The van der Waals surface area contributed by atoms with Crippen LogP contribution in [-0.2, 0) is 0 Å². The molecule has 0 amide bonds. The van der Waals surface area contributed by atoms with Crippen molar-refractivity contribution >= 4 is 0 Å². The van der Waals surface area contributed by atoms with Crippen LogP contribution >= 0.6 is 0 Å². The van der Waals surface area contributed by atoms with Gasteiger partial charge in [0, 0.05) is 5.54 Å². The van der Waals surface area contributed by atoms with Gasteiger partial charge in [-0.15, -0.1) is 0 Å². The molecule has 0 fully saturated rings. The van der Waals surface area contributed by atoms with Crippen molar-refractivity contribution in [3.63, 3.8) is 0 Å². The maximum Gasteiger partial charge on any atom is 0.00970 e. The Hall–Kier alpha value is -0.0800. The number of nitrogens with two attached hydrogens (primary N) is 2. The molecule has 0 spiro atoms. The van der Waals surface area contributed by atoms with Crippen molar-refractivity contribution in [1.82, 2.24) is 0 Å². The predicted octanol–water partition coefficient (Wildman–Crippen LogP) is 7.73. The Morgan fingerprint density at radius 3 is 1.12 bits per heavy atom. The van der Waals surface area contributed by atoms with Gasteiger partial charge in [0.15, 0.2) is 0 Å². The van der Waals surface area contributed by atoms with Crippen LogP contribution in [0.1, 0.15) is 143 Å². The molecule has 0 atom stereocenters. The summed E-state index contributed by atoms with van der Waals surface area (Å²) in [5.41, 5.74) is 11.4. The van der Waals surface area contributed by atoms with Gasteiger partial charge in [0.1, 0.15) is 0 Å². The molecule has 0 radical (unpaired) electrons. The van der Waals surface area contributed by atoms with Crippen LogP contribution in [0, 0.1) is 0 Å². The highest BCUT2D eigenvalue weighted by molar-refractivity contribution is 4.70. The van der Waals surface area contributed by atoms with E-state index in [0.29, 0.717) is 0 Å². The molecule has 26 heavy (non-hydrogen) atoms. The Morgan fingerprint density at radius 1 is 0.500 bits per heavy atom. The Bertz CT molecular complexity index is 223. The van der Waals surface area contributed by atoms with Gasteiger partial charge in [-0.1, -0.05) is 117 Å². The smallest absolute Gasteiger partial charge is 0.00970 e. The van der Waals surface area contributed by atoms with E-state index in [1.807, 2.05) is 0 Å². The molecule has 0 unspecified atom stereocenters. The quantitative estimate of drug-likeness (QED) is 0.242. The van der Waals surface area contributed by atoms with E-state index in [2.05, 4.69) is 27.7 Å². The molecule has 0 bridgehead atoms. The predicted molar refractivity (Wildman–Crippen MR) is 122 cm³/mol. The fourth-order valence-corrected chi connectivity index (χ4v) is 3.17. The highest BCUT2D eigenvalue weighted by Crippen LogP contribution is 2.13. The monoisotopic (exact) mass is 370 g/mol. The molecule has 0 heterocycles. The number of hydrogen-bond acceptors (Lipinski definition) is 2. The van der Waals surface area contributed by atoms with Crippen LogP contribution in [0.3, 0.4) is 0 Å². The molecule has 0 rings (SSSR count). The van der Waals surface area contributed by atoms with Gasteiger partial charge in [-0.2, -0.15) is 0 Å². The van der Waals surface area contributed by atoms with Crippen molar-refractivity contribution in [3.05, 3.63) is 0 Å². The van der Waals surface area contributed by atoms with Crippen molar-refractivity contribution < 1.29 is 0 Å². The van der Waals surface area contributed by atoms with E-state index < -0.39 is 0 Å². The summed E-state index contributed by atoms with van der Waals surface area (Å²) in [7, 11) is 0. The molecule has 2 heteroatoms. The number of rotatable bonds is 18. The summed E-state index contributed by atoms with van der Waals surface area (Å²) in [6.07, 6.45) is 24.7. The lowest BCUT2D eigenvalue weighted by atomic mass is 9.97. The minimum absolute atomic E-state index is 0.0451. The lowest BCUT2D eigenvalue weighted by molar-refractivity contribution is 0.441. The average molecular weight is 371 g/mol. The maximum absolute atomic E-state index is 5.90. The van der Waals surface area contributed by atoms with Crippen LogP contribution < -0.4 is 11.5 Å². The Labute approximate surface area is 167 Å². The molecule has 0 aromatic carbocycles. The van der Waals surface area contributed by atoms with Crippen LogP contribution in [0.15, 0.2) is 0 Å². The molecule has 0 aromatic heterocycles. The normalized spacial score (nSPS) is 11.3. The van der Waals surface area contributed by atoms with Crippen molar-refractivity contribution in [2.75, 3.05) is 6.54 Å². The van der Waals surface area contributed by atoms with Gasteiger partial charge < -0.3 is 11.5 Å². The highest BCUT2D eigenvalue weighted by Gasteiger charge is 2.08. The third kappa shape index (κ3) is 31.7. The average Bonchev–Trinajstić information content (AvgIpc) is 2.59. The van der Waals surface area contributed by atoms with Crippen LogP contribution in [0.5, 0.6) is 0 Å². The summed E-state index contributed by atoms with van der Waals surface area (Å²) >= 11 is 0. The first-order chi connectivity index (χ1) is 12.5. The van der Waals surface area contributed by atoms with Crippen LogP contribution in [-0.4, -0.2) is 12.1 Å². The van der Waals surface area contributed by atoms with Crippen molar-refractivity contribution in [1.29, 1.82) is 0 Å². The second-order valence-electron chi connectivity index (χ2n) is 8.83. The second kappa shape index (κ2) is 23.0. The van der Waals surface area contributed by atoms with E-state index in [9.17, 15) is 0 Å². The molecule has 0 aliphatic rings. The molecule has 160 valence electrons. The summed E-state index contributed by atoms with van der Waals surface area (Å²) in [5, 5.41) is 0. The SMILES string of the molecule is CCCCCCCCCC(C)(C)N.CCCCCCCCCCCCN. The molecule has 0 saturated carbocycles. The molecule has 0 aliphatic carbocycles. The second-order valence-corrected chi connectivity index (χ2v) is 8.83. The van der Waals surface area contributed by atoms with Crippen molar-refractivity contribution in [2.45, 2.75) is 149 Å². The van der Waals surface area contributed by atoms with Crippen molar-refractivity contribution in [2.24, 2.45) is 11.5 Å². The summed E-state index contributed by atoms with van der Waals surface area (Å²) < 4.78 is 0.